The third-order valence-electron chi connectivity index (χ3n) is 7.47. The first-order chi connectivity index (χ1) is 15.1. The summed E-state index contributed by atoms with van der Waals surface area (Å²) in [5.74, 6) is 0.343. The number of oxime groups is 1. The Labute approximate surface area is 186 Å². The van der Waals surface area contributed by atoms with Gasteiger partial charge in [-0.05, 0) is 53.5 Å². The number of benzene rings is 2. The molecular weight excluding hydrogens is 382 g/mol. The summed E-state index contributed by atoms with van der Waals surface area (Å²) in [5.41, 5.74) is 6.17. The van der Waals surface area contributed by atoms with E-state index in [0.717, 1.165) is 38.5 Å². The second-order valence-corrected chi connectivity index (χ2v) is 9.47. The highest BCUT2D eigenvalue weighted by atomic mass is 16.4. The summed E-state index contributed by atoms with van der Waals surface area (Å²) in [5, 5.41) is 13.1. The highest BCUT2D eigenvalue weighted by Crippen LogP contribution is 2.53. The summed E-state index contributed by atoms with van der Waals surface area (Å²) < 4.78 is 0. The summed E-state index contributed by atoms with van der Waals surface area (Å²) in [6.07, 6.45) is 10.9. The number of carbonyl (C=O) groups is 1. The van der Waals surface area contributed by atoms with Crippen LogP contribution in [-0.4, -0.2) is 16.7 Å². The summed E-state index contributed by atoms with van der Waals surface area (Å²) in [4.78, 5) is 13.4. The zero-order valence-corrected chi connectivity index (χ0v) is 19.0. The maximum absolute atomic E-state index is 13.4. The molecule has 2 aromatic rings. The van der Waals surface area contributed by atoms with E-state index in [-0.39, 0.29) is 11.2 Å². The predicted octanol–water partition coefficient (Wildman–Crippen LogP) is 7.54. The number of fused-ring (bicyclic) bond motifs is 3. The van der Waals surface area contributed by atoms with Gasteiger partial charge in [0, 0.05) is 11.0 Å². The minimum Gasteiger partial charge on any atom is -0.411 e. The molecule has 0 atom stereocenters. The van der Waals surface area contributed by atoms with Crippen LogP contribution in [0.4, 0.5) is 0 Å². The average Bonchev–Trinajstić information content (AvgIpc) is 3.08. The number of hydrogen-bond donors (Lipinski definition) is 1. The topological polar surface area (TPSA) is 49.7 Å². The lowest BCUT2D eigenvalue weighted by atomic mass is 9.71. The van der Waals surface area contributed by atoms with Crippen molar-refractivity contribution < 1.29 is 10.0 Å². The molecule has 0 amide bonds. The molecule has 1 fully saturated rings. The van der Waals surface area contributed by atoms with Gasteiger partial charge in [-0.25, -0.2) is 0 Å². The van der Waals surface area contributed by atoms with Crippen molar-refractivity contribution in [2.24, 2.45) is 11.1 Å². The minimum atomic E-state index is -0.117. The van der Waals surface area contributed by atoms with Crippen LogP contribution in [0.3, 0.4) is 0 Å². The fourth-order valence-electron chi connectivity index (χ4n) is 6.12. The highest BCUT2D eigenvalue weighted by molar-refractivity contribution is 6.46. The van der Waals surface area contributed by atoms with Gasteiger partial charge in [-0.1, -0.05) is 100 Å². The molecule has 4 rings (SSSR count). The van der Waals surface area contributed by atoms with Crippen molar-refractivity contribution in [2.45, 2.75) is 83.5 Å². The van der Waals surface area contributed by atoms with Crippen molar-refractivity contribution >= 4 is 11.5 Å². The Kier molecular flexibility index (Phi) is 6.60. The standard InChI is InChI=1S/C28H35NO2/c1-3-16-28(17-4-2)24-13-9-8-12-22(24)23-15-14-21(19-25(23)28)27(30)26(29-31)18-20-10-6-5-7-11-20/h8-9,12-15,19-20,31H,3-7,10-11,16-18H2,1-2H3. The molecule has 0 heterocycles. The molecule has 2 aliphatic carbocycles. The van der Waals surface area contributed by atoms with E-state index in [1.807, 2.05) is 6.07 Å². The molecule has 0 spiro atoms. The van der Waals surface area contributed by atoms with Gasteiger partial charge in [-0.15, -0.1) is 0 Å². The molecule has 0 radical (unpaired) electrons. The van der Waals surface area contributed by atoms with Crippen LogP contribution in [0.25, 0.3) is 11.1 Å². The number of Topliss-reactive ketones (excluding diaryl/α,β-unsaturated/α-hetero) is 1. The Morgan fingerprint density at radius 2 is 1.65 bits per heavy atom. The Morgan fingerprint density at radius 1 is 0.968 bits per heavy atom. The normalized spacial score (nSPS) is 17.9. The maximum Gasteiger partial charge on any atom is 0.210 e. The van der Waals surface area contributed by atoms with Crippen molar-refractivity contribution in [1.29, 1.82) is 0 Å². The lowest BCUT2D eigenvalue weighted by molar-refractivity contribution is 0.105. The molecule has 1 saturated carbocycles. The zero-order valence-electron chi connectivity index (χ0n) is 19.0. The van der Waals surface area contributed by atoms with Crippen molar-refractivity contribution in [3.63, 3.8) is 0 Å². The summed E-state index contributed by atoms with van der Waals surface area (Å²) in [6.45, 7) is 4.49. The van der Waals surface area contributed by atoms with Gasteiger partial charge in [-0.2, -0.15) is 0 Å². The van der Waals surface area contributed by atoms with Crippen LogP contribution in [0.15, 0.2) is 47.6 Å². The number of nitrogens with zero attached hydrogens (tertiary/aromatic N) is 1. The number of carbonyl (C=O) groups excluding carboxylic acids is 1. The molecule has 1 N–H and O–H groups in total. The van der Waals surface area contributed by atoms with Gasteiger partial charge >= 0.3 is 0 Å². The largest absolute Gasteiger partial charge is 0.411 e. The van der Waals surface area contributed by atoms with Crippen LogP contribution in [0.1, 0.15) is 99.5 Å². The van der Waals surface area contributed by atoms with Gasteiger partial charge in [0.1, 0.15) is 5.71 Å². The second-order valence-electron chi connectivity index (χ2n) is 9.47. The maximum atomic E-state index is 13.4. The monoisotopic (exact) mass is 417 g/mol. The second kappa shape index (κ2) is 9.38. The fraction of sp³-hybridized carbons (Fsp3) is 0.500. The van der Waals surface area contributed by atoms with E-state index < -0.39 is 0 Å². The number of ketones is 1. The van der Waals surface area contributed by atoms with E-state index in [2.05, 4.69) is 55.4 Å². The average molecular weight is 418 g/mol. The molecule has 2 aliphatic rings. The van der Waals surface area contributed by atoms with Gasteiger partial charge in [0.15, 0.2) is 0 Å². The van der Waals surface area contributed by atoms with Crippen molar-refractivity contribution in [3.05, 3.63) is 59.2 Å². The van der Waals surface area contributed by atoms with E-state index >= 15 is 0 Å². The van der Waals surface area contributed by atoms with Crippen LogP contribution in [0, 0.1) is 5.92 Å². The van der Waals surface area contributed by atoms with E-state index in [1.165, 1.54) is 41.5 Å². The summed E-state index contributed by atoms with van der Waals surface area (Å²) in [6, 6.07) is 14.9. The zero-order chi connectivity index (χ0) is 21.8. The first kappa shape index (κ1) is 21.8. The van der Waals surface area contributed by atoms with E-state index in [9.17, 15) is 10.0 Å². The Bertz CT molecular complexity index is 963. The quantitative estimate of drug-likeness (QED) is 0.209. The molecule has 0 saturated heterocycles. The lowest BCUT2D eigenvalue weighted by Crippen LogP contribution is -2.26. The molecule has 2 aromatic carbocycles. The van der Waals surface area contributed by atoms with Crippen molar-refractivity contribution in [3.8, 4) is 11.1 Å². The Balaban J connectivity index is 1.72. The first-order valence-corrected chi connectivity index (χ1v) is 12.1. The molecule has 3 heteroatoms. The first-order valence-electron chi connectivity index (χ1n) is 12.1. The van der Waals surface area contributed by atoms with Crippen LogP contribution < -0.4 is 0 Å². The van der Waals surface area contributed by atoms with Gasteiger partial charge in [-0.3, -0.25) is 4.79 Å². The highest BCUT2D eigenvalue weighted by Gasteiger charge is 2.42. The van der Waals surface area contributed by atoms with E-state index in [4.69, 9.17) is 0 Å². The van der Waals surface area contributed by atoms with Crippen LogP contribution >= 0.6 is 0 Å². The molecule has 31 heavy (non-hydrogen) atoms. The van der Waals surface area contributed by atoms with Gasteiger partial charge in [0.05, 0.1) is 0 Å². The molecule has 0 unspecified atom stereocenters. The Morgan fingerprint density at radius 3 is 2.32 bits per heavy atom. The lowest BCUT2D eigenvalue weighted by Gasteiger charge is -2.32. The van der Waals surface area contributed by atoms with Crippen LogP contribution in [-0.2, 0) is 5.41 Å². The minimum absolute atomic E-state index is 0.0361. The van der Waals surface area contributed by atoms with Gasteiger partial charge in [0.2, 0.25) is 5.78 Å². The fourth-order valence-corrected chi connectivity index (χ4v) is 6.12. The molecule has 0 aromatic heterocycles. The summed E-state index contributed by atoms with van der Waals surface area (Å²) in [7, 11) is 0. The van der Waals surface area contributed by atoms with Gasteiger partial charge < -0.3 is 5.21 Å². The van der Waals surface area contributed by atoms with E-state index in [0.29, 0.717) is 23.6 Å². The predicted molar refractivity (Wildman–Crippen MR) is 127 cm³/mol. The smallest absolute Gasteiger partial charge is 0.210 e. The molecule has 0 bridgehead atoms. The summed E-state index contributed by atoms with van der Waals surface area (Å²) >= 11 is 0. The number of hydrogen-bond acceptors (Lipinski definition) is 3. The van der Waals surface area contributed by atoms with Crippen LogP contribution in [0.5, 0.6) is 0 Å². The van der Waals surface area contributed by atoms with Crippen LogP contribution in [0.2, 0.25) is 0 Å². The third kappa shape index (κ3) is 3.95. The van der Waals surface area contributed by atoms with Gasteiger partial charge in [0.25, 0.3) is 0 Å². The van der Waals surface area contributed by atoms with Crippen molar-refractivity contribution in [1.82, 2.24) is 0 Å². The molecule has 0 aliphatic heterocycles. The Hall–Kier alpha value is -2.42. The van der Waals surface area contributed by atoms with Crippen molar-refractivity contribution in [2.75, 3.05) is 0 Å². The molecule has 3 nitrogen and oxygen atoms in total. The number of rotatable bonds is 8. The molecule has 164 valence electrons. The molecular formula is C28H35NO2. The SMILES string of the molecule is CCCC1(CCC)c2ccccc2-c2ccc(C(=O)C(CC3CCCCC3)=NO)cc21. The van der Waals surface area contributed by atoms with E-state index in [1.54, 1.807) is 0 Å². The third-order valence-corrected chi connectivity index (χ3v) is 7.47.